The summed E-state index contributed by atoms with van der Waals surface area (Å²) < 4.78 is 0. The minimum absolute atomic E-state index is 1.11. The average molecular weight is 663 g/mol. The van der Waals surface area contributed by atoms with Crippen molar-refractivity contribution < 1.29 is 0 Å². The summed E-state index contributed by atoms with van der Waals surface area (Å²) in [5, 5.41) is 4.85. The molecule has 0 N–H and O–H groups in total. The van der Waals surface area contributed by atoms with E-state index >= 15 is 0 Å². The van der Waals surface area contributed by atoms with Gasteiger partial charge in [0.1, 0.15) is 0 Å². The number of benzene rings is 7. The SMILES string of the molecule is CC.CC.CC.CC.CC.c1ccc(N(c2ccccc2)c2c(N(c3ccccc3)c3ccccc3)c3ccccc3c3ccccc23)cc1. The molecule has 0 fully saturated rings. The lowest BCUT2D eigenvalue weighted by Crippen LogP contribution is -2.18. The Balaban J connectivity index is 0.000000800. The van der Waals surface area contributed by atoms with Crippen LogP contribution in [-0.2, 0) is 0 Å². The molecule has 2 heteroatoms. The zero-order chi connectivity index (χ0) is 36.7. The van der Waals surface area contributed by atoms with Crippen LogP contribution in [0.15, 0.2) is 170 Å². The number of hydrogen-bond acceptors (Lipinski definition) is 2. The first kappa shape index (κ1) is 40.8. The van der Waals surface area contributed by atoms with E-state index in [9.17, 15) is 0 Å². The second kappa shape index (κ2) is 23.1. The molecule has 7 aromatic rings. The van der Waals surface area contributed by atoms with Gasteiger partial charge in [0.15, 0.2) is 0 Å². The summed E-state index contributed by atoms with van der Waals surface area (Å²) >= 11 is 0. The fourth-order valence-electron chi connectivity index (χ4n) is 5.68. The molecule has 50 heavy (non-hydrogen) atoms. The predicted octanol–water partition coefficient (Wildman–Crippen LogP) is 16.1. The standard InChI is InChI=1S/C38H28N2.5C2H6/c1-5-17-29(18-6-1)39(30-19-7-2-8-20-30)37-35-27-15-13-25-33(35)34-26-14-16-28-36(34)38(37)40(31-21-9-3-10-22-31)32-23-11-4-12-24-32;5*1-2/h1-28H;5*1-2H3. The van der Waals surface area contributed by atoms with Crippen molar-refractivity contribution in [1.29, 1.82) is 0 Å². The Labute approximate surface area is 303 Å². The van der Waals surface area contributed by atoms with Crippen molar-refractivity contribution in [3.05, 3.63) is 170 Å². The second-order valence-corrected chi connectivity index (χ2v) is 9.80. The van der Waals surface area contributed by atoms with E-state index in [-0.39, 0.29) is 0 Å². The first-order chi connectivity index (χ1) is 24.9. The maximum atomic E-state index is 2.41. The topological polar surface area (TPSA) is 6.48 Å². The van der Waals surface area contributed by atoms with Gasteiger partial charge >= 0.3 is 0 Å². The first-order valence-corrected chi connectivity index (χ1v) is 18.6. The third-order valence-corrected chi connectivity index (χ3v) is 7.38. The summed E-state index contributed by atoms with van der Waals surface area (Å²) in [6.45, 7) is 20.0. The second-order valence-electron chi connectivity index (χ2n) is 9.80. The van der Waals surface area contributed by atoms with E-state index < -0.39 is 0 Å². The smallest absolute Gasteiger partial charge is 0.0788 e. The third kappa shape index (κ3) is 9.42. The Hall–Kier alpha value is -5.34. The van der Waals surface area contributed by atoms with Crippen LogP contribution in [0, 0.1) is 0 Å². The number of fused-ring (bicyclic) bond motifs is 3. The normalized spacial score (nSPS) is 9.40. The highest BCUT2D eigenvalue weighted by Gasteiger charge is 2.27. The minimum atomic E-state index is 1.11. The molecular formula is C48H58N2. The molecule has 0 bridgehead atoms. The maximum absolute atomic E-state index is 2.41. The van der Waals surface area contributed by atoms with Gasteiger partial charge < -0.3 is 9.80 Å². The van der Waals surface area contributed by atoms with E-state index in [1.54, 1.807) is 0 Å². The molecule has 0 atom stereocenters. The largest absolute Gasteiger partial charge is 0.308 e. The Morgan fingerprint density at radius 1 is 0.220 bits per heavy atom. The fourth-order valence-corrected chi connectivity index (χ4v) is 5.68. The minimum Gasteiger partial charge on any atom is -0.308 e. The van der Waals surface area contributed by atoms with Crippen LogP contribution in [0.25, 0.3) is 21.5 Å². The van der Waals surface area contributed by atoms with Gasteiger partial charge in [-0.3, -0.25) is 0 Å². The molecule has 7 aromatic carbocycles. The van der Waals surface area contributed by atoms with Crippen molar-refractivity contribution in [1.82, 2.24) is 0 Å². The van der Waals surface area contributed by atoms with E-state index in [2.05, 4.69) is 180 Å². The van der Waals surface area contributed by atoms with Gasteiger partial charge in [-0.2, -0.15) is 0 Å². The van der Waals surface area contributed by atoms with Crippen molar-refractivity contribution in [2.24, 2.45) is 0 Å². The Bertz CT molecular complexity index is 1660. The molecule has 0 aliphatic rings. The summed E-state index contributed by atoms with van der Waals surface area (Å²) in [5.41, 5.74) is 6.71. The van der Waals surface area contributed by atoms with Crippen LogP contribution in [0.1, 0.15) is 69.2 Å². The molecule has 0 radical (unpaired) electrons. The Morgan fingerprint density at radius 3 is 0.620 bits per heavy atom. The number of para-hydroxylation sites is 4. The first-order valence-electron chi connectivity index (χ1n) is 18.6. The molecule has 0 amide bonds. The monoisotopic (exact) mass is 662 g/mol. The van der Waals surface area contributed by atoms with Crippen molar-refractivity contribution in [3.8, 4) is 0 Å². The highest BCUT2D eigenvalue weighted by molar-refractivity contribution is 6.23. The number of nitrogens with zero attached hydrogens (tertiary/aromatic N) is 2. The number of anilines is 6. The lowest BCUT2D eigenvalue weighted by atomic mass is 9.95. The van der Waals surface area contributed by atoms with E-state index in [1.807, 2.05) is 69.2 Å². The van der Waals surface area contributed by atoms with Crippen LogP contribution in [0.3, 0.4) is 0 Å². The molecule has 0 heterocycles. The van der Waals surface area contributed by atoms with Gasteiger partial charge in [-0.1, -0.05) is 191 Å². The lowest BCUT2D eigenvalue weighted by molar-refractivity contribution is 1.25. The average Bonchev–Trinajstić information content (AvgIpc) is 3.24. The maximum Gasteiger partial charge on any atom is 0.0788 e. The predicted molar refractivity (Wildman–Crippen MR) is 228 cm³/mol. The third-order valence-electron chi connectivity index (χ3n) is 7.38. The van der Waals surface area contributed by atoms with Gasteiger partial charge in [-0.05, 0) is 59.3 Å². The van der Waals surface area contributed by atoms with Gasteiger partial charge in [0.25, 0.3) is 0 Å². The van der Waals surface area contributed by atoms with E-state index in [1.165, 1.54) is 21.5 Å². The summed E-state index contributed by atoms with van der Waals surface area (Å²) in [4.78, 5) is 4.81. The summed E-state index contributed by atoms with van der Waals surface area (Å²) in [7, 11) is 0. The quantitative estimate of drug-likeness (QED) is 0.129. The van der Waals surface area contributed by atoms with E-state index in [0.717, 1.165) is 34.1 Å². The van der Waals surface area contributed by atoms with Crippen molar-refractivity contribution >= 4 is 55.7 Å². The molecule has 260 valence electrons. The summed E-state index contributed by atoms with van der Waals surface area (Å²) in [6.07, 6.45) is 0. The number of hydrogen-bond donors (Lipinski definition) is 0. The molecule has 0 saturated heterocycles. The van der Waals surface area contributed by atoms with E-state index in [4.69, 9.17) is 0 Å². The van der Waals surface area contributed by atoms with Crippen LogP contribution in [0.2, 0.25) is 0 Å². The summed E-state index contributed by atoms with van der Waals surface area (Å²) in [5.74, 6) is 0. The molecule has 0 saturated carbocycles. The molecule has 2 nitrogen and oxygen atoms in total. The van der Waals surface area contributed by atoms with Crippen LogP contribution < -0.4 is 9.80 Å². The fraction of sp³-hybridized carbons (Fsp3) is 0.208. The van der Waals surface area contributed by atoms with Crippen molar-refractivity contribution in [2.45, 2.75) is 69.2 Å². The van der Waals surface area contributed by atoms with Crippen LogP contribution in [0.5, 0.6) is 0 Å². The van der Waals surface area contributed by atoms with Gasteiger partial charge in [0, 0.05) is 33.5 Å². The molecule has 0 aromatic heterocycles. The molecule has 0 aliphatic carbocycles. The zero-order valence-electron chi connectivity index (χ0n) is 32.1. The van der Waals surface area contributed by atoms with Crippen LogP contribution >= 0.6 is 0 Å². The molecule has 0 spiro atoms. The molecule has 0 aliphatic heterocycles. The Kier molecular flexibility index (Phi) is 18.9. The highest BCUT2D eigenvalue weighted by Crippen LogP contribution is 2.52. The van der Waals surface area contributed by atoms with Crippen LogP contribution in [0.4, 0.5) is 34.1 Å². The van der Waals surface area contributed by atoms with Gasteiger partial charge in [-0.25, -0.2) is 0 Å². The summed E-state index contributed by atoms with van der Waals surface area (Å²) in [6, 6.07) is 60.3. The van der Waals surface area contributed by atoms with Crippen molar-refractivity contribution in [3.63, 3.8) is 0 Å². The molecule has 0 unspecified atom stereocenters. The Morgan fingerprint density at radius 2 is 0.400 bits per heavy atom. The zero-order valence-corrected chi connectivity index (χ0v) is 32.1. The van der Waals surface area contributed by atoms with Gasteiger partial charge in [-0.15, -0.1) is 0 Å². The lowest BCUT2D eigenvalue weighted by Gasteiger charge is -2.35. The number of rotatable bonds is 6. The van der Waals surface area contributed by atoms with E-state index in [0.29, 0.717) is 0 Å². The molecular weight excluding hydrogens is 605 g/mol. The van der Waals surface area contributed by atoms with Gasteiger partial charge in [0.2, 0.25) is 0 Å². The van der Waals surface area contributed by atoms with Gasteiger partial charge in [0.05, 0.1) is 11.4 Å². The van der Waals surface area contributed by atoms with Crippen molar-refractivity contribution in [2.75, 3.05) is 9.80 Å². The molecule has 7 rings (SSSR count). The van der Waals surface area contributed by atoms with Crippen LogP contribution in [-0.4, -0.2) is 0 Å². The highest BCUT2D eigenvalue weighted by atomic mass is 15.2.